The van der Waals surface area contributed by atoms with Gasteiger partial charge in [0.1, 0.15) is 0 Å². The summed E-state index contributed by atoms with van der Waals surface area (Å²) in [5.74, 6) is 0.428. The van der Waals surface area contributed by atoms with Gasteiger partial charge in [-0.15, -0.1) is 4.37 Å². The molecule has 0 radical (unpaired) electrons. The van der Waals surface area contributed by atoms with Gasteiger partial charge in [-0.3, -0.25) is 0 Å². The number of hydrogen-bond acceptors (Lipinski definition) is 4. The highest BCUT2D eigenvalue weighted by molar-refractivity contribution is 6.99. The molecule has 2 aromatic rings. The van der Waals surface area contributed by atoms with Gasteiger partial charge >= 0.3 is 0 Å². The van der Waals surface area contributed by atoms with Crippen LogP contribution < -0.4 is 4.74 Å². The molecule has 0 aliphatic rings. The number of benzene rings is 1. The Morgan fingerprint density at radius 1 is 1.20 bits per heavy atom. The standard InChI is InChI=1S/C10H9ClN2OS/c11-9-10(13-15-12-9)14-7-6-8-4-2-1-3-5-8/h1-5H,6-7H2. The van der Waals surface area contributed by atoms with Crippen molar-refractivity contribution in [3.05, 3.63) is 41.0 Å². The first kappa shape index (κ1) is 10.4. The minimum Gasteiger partial charge on any atom is -0.474 e. The molecule has 78 valence electrons. The molecule has 0 aliphatic heterocycles. The molecule has 0 saturated heterocycles. The third-order valence-corrected chi connectivity index (χ3v) is 2.75. The minimum atomic E-state index is 0.341. The van der Waals surface area contributed by atoms with Gasteiger partial charge in [0.15, 0.2) is 0 Å². The van der Waals surface area contributed by atoms with Crippen LogP contribution in [0.2, 0.25) is 5.15 Å². The molecule has 0 spiro atoms. The van der Waals surface area contributed by atoms with Crippen molar-refractivity contribution >= 4 is 23.3 Å². The number of nitrogens with zero attached hydrogens (tertiary/aromatic N) is 2. The number of hydrogen-bond donors (Lipinski definition) is 0. The van der Waals surface area contributed by atoms with Crippen LogP contribution in [0.25, 0.3) is 0 Å². The molecule has 1 aromatic carbocycles. The predicted octanol–water partition coefficient (Wildman–Crippen LogP) is 2.81. The van der Waals surface area contributed by atoms with Crippen LogP contribution in [0, 0.1) is 0 Å². The Kier molecular flexibility index (Phi) is 3.53. The van der Waals surface area contributed by atoms with Gasteiger partial charge in [-0.25, -0.2) is 0 Å². The van der Waals surface area contributed by atoms with E-state index in [1.54, 1.807) is 0 Å². The lowest BCUT2D eigenvalue weighted by molar-refractivity contribution is 0.312. The molecule has 0 amide bonds. The van der Waals surface area contributed by atoms with E-state index in [0.717, 1.165) is 18.1 Å². The molecule has 0 fully saturated rings. The molecule has 0 bridgehead atoms. The van der Waals surface area contributed by atoms with Crippen LogP contribution in [0.5, 0.6) is 5.88 Å². The van der Waals surface area contributed by atoms with E-state index in [0.29, 0.717) is 17.6 Å². The quantitative estimate of drug-likeness (QED) is 0.824. The van der Waals surface area contributed by atoms with Crippen LogP contribution >= 0.6 is 23.3 Å². The van der Waals surface area contributed by atoms with Crippen molar-refractivity contribution in [3.63, 3.8) is 0 Å². The van der Waals surface area contributed by atoms with Crippen LogP contribution in [-0.4, -0.2) is 15.4 Å². The molecule has 2 rings (SSSR count). The fourth-order valence-electron chi connectivity index (χ4n) is 1.17. The lowest BCUT2D eigenvalue weighted by Gasteiger charge is -2.02. The Morgan fingerprint density at radius 3 is 2.67 bits per heavy atom. The zero-order chi connectivity index (χ0) is 10.5. The molecule has 0 atom stereocenters. The topological polar surface area (TPSA) is 35.0 Å². The van der Waals surface area contributed by atoms with Crippen molar-refractivity contribution in [2.75, 3.05) is 6.61 Å². The number of halogens is 1. The summed E-state index contributed by atoms with van der Waals surface area (Å²) < 4.78 is 13.1. The maximum atomic E-state index is 5.73. The normalized spacial score (nSPS) is 10.2. The van der Waals surface area contributed by atoms with Crippen molar-refractivity contribution in [2.24, 2.45) is 0 Å². The highest BCUT2D eigenvalue weighted by Gasteiger charge is 2.05. The lowest BCUT2D eigenvalue weighted by atomic mass is 10.2. The number of rotatable bonds is 4. The smallest absolute Gasteiger partial charge is 0.265 e. The molecule has 15 heavy (non-hydrogen) atoms. The zero-order valence-electron chi connectivity index (χ0n) is 7.89. The Bertz CT molecular complexity index is 418. The molecular weight excluding hydrogens is 232 g/mol. The van der Waals surface area contributed by atoms with Crippen LogP contribution in [0.15, 0.2) is 30.3 Å². The van der Waals surface area contributed by atoms with Crippen molar-refractivity contribution in [2.45, 2.75) is 6.42 Å². The first-order valence-corrected chi connectivity index (χ1v) is 5.62. The molecule has 0 unspecified atom stereocenters. The largest absolute Gasteiger partial charge is 0.474 e. The second kappa shape index (κ2) is 5.09. The van der Waals surface area contributed by atoms with Gasteiger partial charge in [-0.2, -0.15) is 4.37 Å². The molecule has 0 N–H and O–H groups in total. The summed E-state index contributed by atoms with van der Waals surface area (Å²) in [6.45, 7) is 0.565. The molecule has 3 nitrogen and oxygen atoms in total. The maximum absolute atomic E-state index is 5.73. The van der Waals surface area contributed by atoms with Gasteiger partial charge in [0.25, 0.3) is 5.88 Å². The maximum Gasteiger partial charge on any atom is 0.265 e. The monoisotopic (exact) mass is 240 g/mol. The third-order valence-electron chi connectivity index (χ3n) is 1.89. The van der Waals surface area contributed by atoms with E-state index in [9.17, 15) is 0 Å². The summed E-state index contributed by atoms with van der Waals surface area (Å²) in [5, 5.41) is 0.341. The van der Waals surface area contributed by atoms with Gasteiger partial charge in [0.2, 0.25) is 5.15 Å². The molecule has 5 heteroatoms. The predicted molar refractivity (Wildman–Crippen MR) is 60.6 cm³/mol. The van der Waals surface area contributed by atoms with Gasteiger partial charge < -0.3 is 4.74 Å². The summed E-state index contributed by atoms with van der Waals surface area (Å²) in [6.07, 6.45) is 0.842. The van der Waals surface area contributed by atoms with Crippen LogP contribution in [-0.2, 0) is 6.42 Å². The Balaban J connectivity index is 1.83. The molecule has 1 aromatic heterocycles. The second-order valence-corrected chi connectivity index (χ2v) is 3.83. The van der Waals surface area contributed by atoms with E-state index in [4.69, 9.17) is 16.3 Å². The van der Waals surface area contributed by atoms with E-state index in [2.05, 4.69) is 20.9 Å². The summed E-state index contributed by atoms with van der Waals surface area (Å²) >= 11 is 6.79. The van der Waals surface area contributed by atoms with Gasteiger partial charge in [0.05, 0.1) is 18.3 Å². The van der Waals surface area contributed by atoms with E-state index < -0.39 is 0 Å². The number of ether oxygens (including phenoxy) is 1. The first-order valence-electron chi connectivity index (χ1n) is 4.51. The van der Waals surface area contributed by atoms with E-state index >= 15 is 0 Å². The average molecular weight is 241 g/mol. The lowest BCUT2D eigenvalue weighted by Crippen LogP contribution is -2.01. The Labute approximate surface area is 97.0 Å². The molecule has 1 heterocycles. The molecule has 0 saturated carbocycles. The van der Waals surface area contributed by atoms with E-state index in [-0.39, 0.29) is 0 Å². The summed E-state index contributed by atoms with van der Waals surface area (Å²) in [4.78, 5) is 0. The van der Waals surface area contributed by atoms with Crippen LogP contribution in [0.1, 0.15) is 5.56 Å². The fraction of sp³-hybridized carbons (Fsp3) is 0.200. The summed E-state index contributed by atoms with van der Waals surface area (Å²) in [6, 6.07) is 10.1. The number of aromatic nitrogens is 2. The second-order valence-electron chi connectivity index (χ2n) is 2.94. The van der Waals surface area contributed by atoms with Crippen LogP contribution in [0.3, 0.4) is 0 Å². The van der Waals surface area contributed by atoms with Crippen molar-refractivity contribution < 1.29 is 4.74 Å². The van der Waals surface area contributed by atoms with Crippen molar-refractivity contribution in [3.8, 4) is 5.88 Å². The fourth-order valence-corrected chi connectivity index (χ4v) is 1.81. The van der Waals surface area contributed by atoms with Crippen molar-refractivity contribution in [1.29, 1.82) is 0 Å². The molecule has 0 aliphatic carbocycles. The van der Waals surface area contributed by atoms with E-state index in [1.807, 2.05) is 18.2 Å². The van der Waals surface area contributed by atoms with Gasteiger partial charge in [-0.05, 0) is 5.56 Å². The summed E-state index contributed by atoms with van der Waals surface area (Å²) in [7, 11) is 0. The average Bonchev–Trinajstić information content (AvgIpc) is 2.66. The van der Waals surface area contributed by atoms with Gasteiger partial charge in [0, 0.05) is 6.42 Å². The van der Waals surface area contributed by atoms with Crippen LogP contribution in [0.4, 0.5) is 0 Å². The molecular formula is C10H9ClN2OS. The minimum absolute atomic E-state index is 0.341. The van der Waals surface area contributed by atoms with Gasteiger partial charge in [-0.1, -0.05) is 41.9 Å². The SMILES string of the molecule is Clc1nsnc1OCCc1ccccc1. The Morgan fingerprint density at radius 2 is 2.00 bits per heavy atom. The third kappa shape index (κ3) is 2.91. The highest BCUT2D eigenvalue weighted by Crippen LogP contribution is 2.20. The zero-order valence-corrected chi connectivity index (χ0v) is 9.46. The van der Waals surface area contributed by atoms with Crippen molar-refractivity contribution in [1.82, 2.24) is 8.75 Å². The summed E-state index contributed by atoms with van der Waals surface area (Å²) in [5.41, 5.74) is 1.23. The van der Waals surface area contributed by atoms with E-state index in [1.165, 1.54) is 5.56 Å². The Hall–Kier alpha value is -1.13. The first-order chi connectivity index (χ1) is 7.36. The highest BCUT2D eigenvalue weighted by atomic mass is 35.5.